The average molecular weight is 447 g/mol. The smallest absolute Gasteiger partial charge is 0.264 e. The molecule has 0 unspecified atom stereocenters. The molecule has 2 aromatic carbocycles. The lowest BCUT2D eigenvalue weighted by molar-refractivity contribution is -0.131. The number of benzene rings is 2. The van der Waals surface area contributed by atoms with Crippen LogP contribution in [0.3, 0.4) is 0 Å². The summed E-state index contributed by atoms with van der Waals surface area (Å²) >= 11 is 0. The Kier molecular flexibility index (Phi) is 7.89. The number of hydrogen-bond acceptors (Lipinski definition) is 4. The molecule has 1 amide bonds. The Morgan fingerprint density at radius 3 is 2.00 bits per heavy atom. The van der Waals surface area contributed by atoms with E-state index in [9.17, 15) is 18.3 Å². The Labute approximate surface area is 186 Å². The first-order chi connectivity index (χ1) is 14.4. The van der Waals surface area contributed by atoms with Crippen molar-refractivity contribution in [3.05, 3.63) is 59.7 Å². The van der Waals surface area contributed by atoms with Gasteiger partial charge in [-0.1, -0.05) is 50.6 Å². The van der Waals surface area contributed by atoms with E-state index in [0.717, 1.165) is 15.4 Å². The first-order valence-electron chi connectivity index (χ1n) is 10.5. The number of carbonyl (C=O) groups is 1. The van der Waals surface area contributed by atoms with Crippen molar-refractivity contribution in [2.24, 2.45) is 0 Å². The first kappa shape index (κ1) is 24.9. The summed E-state index contributed by atoms with van der Waals surface area (Å²) in [5, 5.41) is 9.32. The van der Waals surface area contributed by atoms with Gasteiger partial charge >= 0.3 is 0 Å². The van der Waals surface area contributed by atoms with Gasteiger partial charge in [-0.3, -0.25) is 9.10 Å². The SMILES string of the molecule is Cc1ccc(N(CC(=O)N(CCO)C(C)C)S(=O)(=O)c2ccc(C(C)(C)C)cc2)cc1. The Hall–Kier alpha value is -2.38. The van der Waals surface area contributed by atoms with Crippen LogP contribution < -0.4 is 4.31 Å². The van der Waals surface area contributed by atoms with Gasteiger partial charge < -0.3 is 10.0 Å². The van der Waals surface area contributed by atoms with Crippen LogP contribution in [-0.4, -0.2) is 50.1 Å². The molecule has 0 heterocycles. The van der Waals surface area contributed by atoms with Crippen LogP contribution in [0.1, 0.15) is 45.7 Å². The van der Waals surface area contributed by atoms with E-state index in [0.29, 0.717) is 5.69 Å². The average Bonchev–Trinajstić information content (AvgIpc) is 2.70. The molecule has 6 nitrogen and oxygen atoms in total. The van der Waals surface area contributed by atoms with Crippen molar-refractivity contribution in [1.82, 2.24) is 4.90 Å². The van der Waals surface area contributed by atoms with Gasteiger partial charge in [0, 0.05) is 12.6 Å². The lowest BCUT2D eigenvalue weighted by Crippen LogP contribution is -2.46. The fourth-order valence-electron chi connectivity index (χ4n) is 3.27. The zero-order chi connectivity index (χ0) is 23.4. The van der Waals surface area contributed by atoms with Gasteiger partial charge in [-0.05, 0) is 56.0 Å². The molecule has 0 bridgehead atoms. The number of sulfonamides is 1. The summed E-state index contributed by atoms with van der Waals surface area (Å²) in [5.41, 5.74) is 2.34. The fraction of sp³-hybridized carbons (Fsp3) is 0.458. The van der Waals surface area contributed by atoms with E-state index in [-0.39, 0.29) is 42.0 Å². The van der Waals surface area contributed by atoms with E-state index in [2.05, 4.69) is 20.8 Å². The van der Waals surface area contributed by atoms with E-state index in [1.54, 1.807) is 24.3 Å². The summed E-state index contributed by atoms with van der Waals surface area (Å²) in [6.07, 6.45) is 0. The largest absolute Gasteiger partial charge is 0.395 e. The molecule has 0 aliphatic rings. The van der Waals surface area contributed by atoms with Crippen molar-refractivity contribution < 1.29 is 18.3 Å². The van der Waals surface area contributed by atoms with Crippen LogP contribution >= 0.6 is 0 Å². The summed E-state index contributed by atoms with van der Waals surface area (Å²) in [7, 11) is -3.98. The number of rotatable bonds is 8. The molecule has 0 saturated heterocycles. The normalized spacial score (nSPS) is 12.1. The number of anilines is 1. The summed E-state index contributed by atoms with van der Waals surface area (Å²) < 4.78 is 28.3. The molecular formula is C24H34N2O4S. The van der Waals surface area contributed by atoms with Crippen molar-refractivity contribution >= 4 is 21.6 Å². The van der Waals surface area contributed by atoms with E-state index in [1.165, 1.54) is 4.90 Å². The van der Waals surface area contributed by atoms with E-state index in [1.807, 2.05) is 45.0 Å². The Balaban J connectivity index is 2.48. The van der Waals surface area contributed by atoms with Gasteiger partial charge in [0.2, 0.25) is 5.91 Å². The molecule has 0 aromatic heterocycles. The minimum atomic E-state index is -3.98. The molecule has 2 aromatic rings. The first-order valence-corrected chi connectivity index (χ1v) is 11.9. The highest BCUT2D eigenvalue weighted by molar-refractivity contribution is 7.92. The van der Waals surface area contributed by atoms with Gasteiger partial charge in [-0.15, -0.1) is 0 Å². The van der Waals surface area contributed by atoms with Crippen LogP contribution in [0.5, 0.6) is 0 Å². The number of aliphatic hydroxyl groups is 1. The van der Waals surface area contributed by atoms with Crippen LogP contribution in [0.25, 0.3) is 0 Å². The van der Waals surface area contributed by atoms with Gasteiger partial charge in [0.1, 0.15) is 6.54 Å². The van der Waals surface area contributed by atoms with Crippen molar-refractivity contribution in [2.45, 2.75) is 57.9 Å². The summed E-state index contributed by atoms with van der Waals surface area (Å²) in [6, 6.07) is 13.7. The predicted octanol–water partition coefficient (Wildman–Crippen LogP) is 3.72. The molecule has 7 heteroatoms. The minimum absolute atomic E-state index is 0.100. The van der Waals surface area contributed by atoms with Crippen LogP contribution in [-0.2, 0) is 20.2 Å². The minimum Gasteiger partial charge on any atom is -0.395 e. The van der Waals surface area contributed by atoms with E-state index in [4.69, 9.17) is 0 Å². The summed E-state index contributed by atoms with van der Waals surface area (Å²) in [6.45, 7) is 11.4. The maximum Gasteiger partial charge on any atom is 0.264 e. The zero-order valence-corrected chi connectivity index (χ0v) is 20.1. The molecule has 0 atom stereocenters. The Bertz CT molecular complexity index is 976. The lowest BCUT2D eigenvalue weighted by atomic mass is 9.87. The molecule has 0 spiro atoms. The number of amides is 1. The van der Waals surface area contributed by atoms with E-state index >= 15 is 0 Å². The topological polar surface area (TPSA) is 77.9 Å². The molecule has 0 saturated carbocycles. The van der Waals surface area contributed by atoms with Gasteiger partial charge in [0.05, 0.1) is 17.2 Å². The second kappa shape index (κ2) is 9.83. The van der Waals surface area contributed by atoms with Crippen LogP contribution in [0, 0.1) is 6.92 Å². The predicted molar refractivity (Wildman–Crippen MR) is 125 cm³/mol. The van der Waals surface area contributed by atoms with Crippen LogP contribution in [0.15, 0.2) is 53.4 Å². The molecular weight excluding hydrogens is 412 g/mol. The van der Waals surface area contributed by atoms with Gasteiger partial charge in [-0.2, -0.15) is 0 Å². The highest BCUT2D eigenvalue weighted by atomic mass is 32.2. The van der Waals surface area contributed by atoms with Crippen molar-refractivity contribution in [3.8, 4) is 0 Å². The van der Waals surface area contributed by atoms with Crippen molar-refractivity contribution in [2.75, 3.05) is 24.0 Å². The number of aryl methyl sites for hydroxylation is 1. The van der Waals surface area contributed by atoms with E-state index < -0.39 is 10.0 Å². The maximum absolute atomic E-state index is 13.6. The van der Waals surface area contributed by atoms with Gasteiger partial charge in [0.25, 0.3) is 10.0 Å². The summed E-state index contributed by atoms with van der Waals surface area (Å²) in [4.78, 5) is 14.6. The highest BCUT2D eigenvalue weighted by Crippen LogP contribution is 2.27. The van der Waals surface area contributed by atoms with Gasteiger partial charge in [-0.25, -0.2) is 8.42 Å². The standard InChI is InChI=1S/C24H34N2O4S/c1-18(2)25(15-16-27)23(28)17-26(21-11-7-19(3)8-12-21)31(29,30)22-13-9-20(10-14-22)24(4,5)6/h7-14,18,27H,15-17H2,1-6H3. The van der Waals surface area contributed by atoms with Crippen LogP contribution in [0.2, 0.25) is 0 Å². The monoisotopic (exact) mass is 446 g/mol. The molecule has 2 rings (SSSR count). The molecule has 1 N–H and O–H groups in total. The van der Waals surface area contributed by atoms with Crippen LogP contribution in [0.4, 0.5) is 5.69 Å². The molecule has 170 valence electrons. The second-order valence-electron chi connectivity index (χ2n) is 9.03. The maximum atomic E-state index is 13.6. The summed E-state index contributed by atoms with van der Waals surface area (Å²) in [5.74, 6) is -0.362. The van der Waals surface area contributed by atoms with Crippen molar-refractivity contribution in [3.63, 3.8) is 0 Å². The number of nitrogens with zero attached hydrogens (tertiary/aromatic N) is 2. The number of carbonyl (C=O) groups excluding carboxylic acids is 1. The number of hydrogen-bond donors (Lipinski definition) is 1. The second-order valence-corrected chi connectivity index (χ2v) is 10.9. The number of aliphatic hydroxyl groups excluding tert-OH is 1. The Morgan fingerprint density at radius 2 is 1.55 bits per heavy atom. The molecule has 0 fully saturated rings. The fourth-order valence-corrected chi connectivity index (χ4v) is 4.69. The third-order valence-electron chi connectivity index (χ3n) is 5.19. The Morgan fingerprint density at radius 1 is 1.00 bits per heavy atom. The third kappa shape index (κ3) is 6.08. The molecule has 0 aliphatic heterocycles. The molecule has 31 heavy (non-hydrogen) atoms. The molecule has 0 aliphatic carbocycles. The quantitative estimate of drug-likeness (QED) is 0.670. The highest BCUT2D eigenvalue weighted by Gasteiger charge is 2.30. The zero-order valence-electron chi connectivity index (χ0n) is 19.3. The lowest BCUT2D eigenvalue weighted by Gasteiger charge is -2.30. The third-order valence-corrected chi connectivity index (χ3v) is 6.98. The van der Waals surface area contributed by atoms with Crippen molar-refractivity contribution in [1.29, 1.82) is 0 Å². The van der Waals surface area contributed by atoms with Gasteiger partial charge in [0.15, 0.2) is 0 Å². The molecule has 0 radical (unpaired) electrons.